The van der Waals surface area contributed by atoms with Gasteiger partial charge in [0.2, 0.25) is 0 Å². The van der Waals surface area contributed by atoms with Crippen LogP contribution in [0.2, 0.25) is 0 Å². The number of anilines is 1. The van der Waals surface area contributed by atoms with Crippen LogP contribution in [0.25, 0.3) is 0 Å². The Balaban J connectivity index is 1.89. The van der Waals surface area contributed by atoms with Crippen LogP contribution in [0.4, 0.5) is 5.69 Å². The first-order valence-corrected chi connectivity index (χ1v) is 6.42. The third-order valence-corrected chi connectivity index (χ3v) is 3.50. The second kappa shape index (κ2) is 4.94. The molecular formula is C16H13NO4. The van der Waals surface area contributed by atoms with Crippen LogP contribution in [0.5, 0.6) is 5.75 Å². The van der Waals surface area contributed by atoms with E-state index in [0.29, 0.717) is 23.4 Å². The monoisotopic (exact) mass is 283 g/mol. The van der Waals surface area contributed by atoms with Gasteiger partial charge in [-0.1, -0.05) is 6.07 Å². The normalized spacial score (nSPS) is 13.2. The van der Waals surface area contributed by atoms with E-state index < -0.39 is 5.97 Å². The van der Waals surface area contributed by atoms with Gasteiger partial charge in [-0.05, 0) is 42.0 Å². The average molecular weight is 283 g/mol. The molecule has 21 heavy (non-hydrogen) atoms. The van der Waals surface area contributed by atoms with Crippen molar-refractivity contribution in [2.75, 3.05) is 12.0 Å². The molecule has 0 radical (unpaired) electrons. The van der Waals surface area contributed by atoms with Gasteiger partial charge in [-0.15, -0.1) is 0 Å². The number of nitrogens with zero attached hydrogens (tertiary/aromatic N) is 1. The molecule has 5 nitrogen and oxygen atoms in total. The minimum absolute atomic E-state index is 0.0741. The maximum absolute atomic E-state index is 12.3. The van der Waals surface area contributed by atoms with Crippen LogP contribution in [-0.2, 0) is 11.3 Å². The van der Waals surface area contributed by atoms with Gasteiger partial charge < -0.3 is 14.7 Å². The molecule has 3 rings (SSSR count). The Hall–Kier alpha value is -2.82. The maximum atomic E-state index is 12.3. The molecule has 0 aliphatic carbocycles. The summed E-state index contributed by atoms with van der Waals surface area (Å²) >= 11 is 0. The van der Waals surface area contributed by atoms with E-state index in [0.717, 1.165) is 5.56 Å². The summed E-state index contributed by atoms with van der Waals surface area (Å²) in [5.74, 6) is -0.501. The first-order valence-electron chi connectivity index (χ1n) is 6.42. The van der Waals surface area contributed by atoms with Crippen molar-refractivity contribution in [3.8, 4) is 5.75 Å². The van der Waals surface area contributed by atoms with Gasteiger partial charge in [0.25, 0.3) is 5.91 Å². The van der Waals surface area contributed by atoms with Gasteiger partial charge >= 0.3 is 5.97 Å². The first-order chi connectivity index (χ1) is 10.1. The molecule has 0 fully saturated rings. The smallest absolute Gasteiger partial charge is 0.337 e. The van der Waals surface area contributed by atoms with Gasteiger partial charge in [-0.2, -0.15) is 0 Å². The van der Waals surface area contributed by atoms with E-state index in [1.54, 1.807) is 41.3 Å². The molecule has 2 aromatic rings. The van der Waals surface area contributed by atoms with Crippen LogP contribution in [0.15, 0.2) is 42.5 Å². The molecule has 0 aromatic heterocycles. The van der Waals surface area contributed by atoms with Crippen molar-refractivity contribution in [1.82, 2.24) is 0 Å². The van der Waals surface area contributed by atoms with Crippen molar-refractivity contribution in [2.45, 2.75) is 6.54 Å². The molecule has 1 heterocycles. The van der Waals surface area contributed by atoms with E-state index in [2.05, 4.69) is 4.74 Å². The molecule has 0 atom stereocenters. The van der Waals surface area contributed by atoms with Crippen molar-refractivity contribution in [2.24, 2.45) is 0 Å². The van der Waals surface area contributed by atoms with Crippen molar-refractivity contribution in [3.05, 3.63) is 59.2 Å². The number of esters is 1. The molecular weight excluding hydrogens is 270 g/mol. The molecule has 5 heteroatoms. The number of hydrogen-bond donors (Lipinski definition) is 1. The number of ether oxygens (including phenoxy) is 1. The molecule has 0 saturated heterocycles. The van der Waals surface area contributed by atoms with Crippen LogP contribution in [0, 0.1) is 0 Å². The summed E-state index contributed by atoms with van der Waals surface area (Å²) < 4.78 is 4.64. The summed E-state index contributed by atoms with van der Waals surface area (Å²) in [6.07, 6.45) is 0. The first kappa shape index (κ1) is 13.2. The SMILES string of the molecule is COC(=O)c1ccc(N2Cc3ccc(O)cc3C2=O)cc1. The summed E-state index contributed by atoms with van der Waals surface area (Å²) in [6, 6.07) is 11.4. The highest BCUT2D eigenvalue weighted by Crippen LogP contribution is 2.30. The predicted molar refractivity (Wildman–Crippen MR) is 76.4 cm³/mol. The molecule has 1 aliphatic heterocycles. The minimum Gasteiger partial charge on any atom is -0.508 e. The summed E-state index contributed by atoms with van der Waals surface area (Å²) in [5, 5.41) is 9.47. The standard InChI is InChI=1S/C16H13NO4/c1-21-16(20)10-2-5-12(6-3-10)17-9-11-4-7-13(18)8-14(11)15(17)19/h2-8,18H,9H2,1H3. The number of phenols is 1. The fraction of sp³-hybridized carbons (Fsp3) is 0.125. The Labute approximate surface area is 121 Å². The van der Waals surface area contributed by atoms with Gasteiger partial charge in [0.05, 0.1) is 19.2 Å². The summed E-state index contributed by atoms with van der Waals surface area (Å²) in [4.78, 5) is 25.3. The molecule has 0 bridgehead atoms. The lowest BCUT2D eigenvalue weighted by molar-refractivity contribution is 0.0600. The number of phenolic OH excluding ortho intramolecular Hbond substituents is 1. The van der Waals surface area contributed by atoms with Crippen molar-refractivity contribution in [1.29, 1.82) is 0 Å². The number of rotatable bonds is 2. The van der Waals surface area contributed by atoms with E-state index in [1.807, 2.05) is 0 Å². The molecule has 1 amide bonds. The topological polar surface area (TPSA) is 66.8 Å². The zero-order valence-electron chi connectivity index (χ0n) is 11.4. The third kappa shape index (κ3) is 2.23. The second-order valence-electron chi connectivity index (χ2n) is 4.77. The molecule has 0 spiro atoms. The van der Waals surface area contributed by atoms with Gasteiger partial charge in [-0.3, -0.25) is 4.79 Å². The summed E-state index contributed by atoms with van der Waals surface area (Å²) in [7, 11) is 1.32. The van der Waals surface area contributed by atoms with E-state index >= 15 is 0 Å². The zero-order chi connectivity index (χ0) is 15.0. The van der Waals surface area contributed by atoms with Crippen LogP contribution in [0.3, 0.4) is 0 Å². The Morgan fingerprint density at radius 2 is 1.90 bits per heavy atom. The Kier molecular flexibility index (Phi) is 3.10. The summed E-state index contributed by atoms with van der Waals surface area (Å²) in [6.45, 7) is 0.450. The molecule has 1 N–H and O–H groups in total. The predicted octanol–water partition coefficient (Wildman–Crippen LogP) is 2.34. The van der Waals surface area contributed by atoms with Crippen molar-refractivity contribution < 1.29 is 19.4 Å². The highest BCUT2D eigenvalue weighted by Gasteiger charge is 2.28. The minimum atomic E-state index is -0.414. The summed E-state index contributed by atoms with van der Waals surface area (Å²) in [5.41, 5.74) is 2.51. The molecule has 0 unspecified atom stereocenters. The van der Waals surface area contributed by atoms with Crippen molar-refractivity contribution >= 4 is 17.6 Å². The van der Waals surface area contributed by atoms with Crippen molar-refractivity contribution in [3.63, 3.8) is 0 Å². The van der Waals surface area contributed by atoms with Crippen LogP contribution in [0.1, 0.15) is 26.3 Å². The van der Waals surface area contributed by atoms with E-state index in [9.17, 15) is 14.7 Å². The van der Waals surface area contributed by atoms with E-state index in [4.69, 9.17) is 0 Å². The number of hydrogen-bond acceptors (Lipinski definition) is 4. The Bertz CT molecular complexity index is 722. The largest absolute Gasteiger partial charge is 0.508 e. The van der Waals surface area contributed by atoms with E-state index in [1.165, 1.54) is 13.2 Å². The van der Waals surface area contributed by atoms with Crippen LogP contribution >= 0.6 is 0 Å². The lowest BCUT2D eigenvalue weighted by Crippen LogP contribution is -2.22. The zero-order valence-corrected chi connectivity index (χ0v) is 11.4. The molecule has 1 aliphatic rings. The third-order valence-electron chi connectivity index (χ3n) is 3.50. The average Bonchev–Trinajstić information content (AvgIpc) is 2.83. The highest BCUT2D eigenvalue weighted by atomic mass is 16.5. The van der Waals surface area contributed by atoms with Gasteiger partial charge in [0, 0.05) is 11.3 Å². The lowest BCUT2D eigenvalue weighted by atomic mass is 10.1. The van der Waals surface area contributed by atoms with Gasteiger partial charge in [0.1, 0.15) is 5.75 Å². The van der Waals surface area contributed by atoms with Crippen LogP contribution in [-0.4, -0.2) is 24.1 Å². The fourth-order valence-electron chi connectivity index (χ4n) is 2.39. The van der Waals surface area contributed by atoms with Gasteiger partial charge in [0.15, 0.2) is 0 Å². The van der Waals surface area contributed by atoms with E-state index in [-0.39, 0.29) is 11.7 Å². The van der Waals surface area contributed by atoms with Gasteiger partial charge in [-0.25, -0.2) is 4.79 Å². The Morgan fingerprint density at radius 3 is 2.57 bits per heavy atom. The molecule has 106 valence electrons. The fourth-order valence-corrected chi connectivity index (χ4v) is 2.39. The molecule has 2 aromatic carbocycles. The number of benzene rings is 2. The molecule has 0 saturated carbocycles. The lowest BCUT2D eigenvalue weighted by Gasteiger charge is -2.15. The number of methoxy groups -OCH3 is 1. The number of aromatic hydroxyl groups is 1. The number of carbonyl (C=O) groups excluding carboxylic acids is 2. The van der Waals surface area contributed by atoms with Crippen LogP contribution < -0.4 is 4.90 Å². The highest BCUT2D eigenvalue weighted by molar-refractivity contribution is 6.10. The Morgan fingerprint density at radius 1 is 1.19 bits per heavy atom. The quantitative estimate of drug-likeness (QED) is 0.859. The number of fused-ring (bicyclic) bond motifs is 1. The maximum Gasteiger partial charge on any atom is 0.337 e. The second-order valence-corrected chi connectivity index (χ2v) is 4.77. The number of carbonyl (C=O) groups is 2. The number of amides is 1.